The number of rotatable bonds is 6. The molecule has 3 N–H and O–H groups in total. The second kappa shape index (κ2) is 8.24. The van der Waals surface area contributed by atoms with Crippen LogP contribution in [0.4, 0.5) is 10.6 Å². The Morgan fingerprint density at radius 3 is 2.80 bits per heavy atom. The highest BCUT2D eigenvalue weighted by atomic mass is 16.6. The molecule has 1 amide bonds. The minimum atomic E-state index is -1.27. The maximum Gasteiger partial charge on any atom is 0.412 e. The third-order valence-corrected chi connectivity index (χ3v) is 3.90. The lowest BCUT2D eigenvalue weighted by Gasteiger charge is -2.18. The number of aromatic nitrogens is 2. The van der Waals surface area contributed by atoms with Crippen LogP contribution in [0.2, 0.25) is 0 Å². The van der Waals surface area contributed by atoms with Gasteiger partial charge < -0.3 is 19.7 Å². The number of carbonyl (C=O) groups is 1. The van der Waals surface area contributed by atoms with Crippen LogP contribution in [0.3, 0.4) is 0 Å². The lowest BCUT2D eigenvalue weighted by molar-refractivity contribution is -0.0350. The number of nitrogens with zero attached hydrogens (tertiary/aromatic N) is 2. The van der Waals surface area contributed by atoms with Gasteiger partial charge in [-0.25, -0.2) is 9.59 Å². The maximum atomic E-state index is 12.2. The highest BCUT2D eigenvalue weighted by Gasteiger charge is 2.42. The van der Waals surface area contributed by atoms with Gasteiger partial charge in [-0.1, -0.05) is 26.0 Å². The van der Waals surface area contributed by atoms with E-state index in [1.54, 1.807) is 6.92 Å². The number of amides is 1. The second-order valence-corrected chi connectivity index (χ2v) is 5.77. The van der Waals surface area contributed by atoms with Crippen molar-refractivity contribution in [2.45, 2.75) is 51.2 Å². The summed E-state index contributed by atoms with van der Waals surface area (Å²) in [6.45, 7) is 7.44. The Bertz CT molecular complexity index is 689. The molecule has 1 aromatic heterocycles. The molecule has 4 atom stereocenters. The van der Waals surface area contributed by atoms with Crippen LogP contribution < -0.4 is 11.0 Å². The van der Waals surface area contributed by atoms with Gasteiger partial charge in [-0.05, 0) is 13.3 Å². The molecular weight excluding hydrogens is 330 g/mol. The molecule has 0 aromatic carbocycles. The minimum absolute atomic E-state index is 0.00108. The van der Waals surface area contributed by atoms with Crippen LogP contribution in [0.15, 0.2) is 17.6 Å². The van der Waals surface area contributed by atoms with Gasteiger partial charge in [0.15, 0.2) is 6.23 Å². The van der Waals surface area contributed by atoms with Crippen molar-refractivity contribution in [2.24, 2.45) is 0 Å². The molecule has 1 saturated heterocycles. The summed E-state index contributed by atoms with van der Waals surface area (Å²) in [5.74, 6) is -0.00108. The Morgan fingerprint density at radius 1 is 1.52 bits per heavy atom. The van der Waals surface area contributed by atoms with Crippen LogP contribution in [0.5, 0.6) is 0 Å². The fourth-order valence-corrected chi connectivity index (χ4v) is 2.42. The fraction of sp³-hybridized carbons (Fsp3) is 0.562. The molecule has 9 nitrogen and oxygen atoms in total. The fourth-order valence-electron chi connectivity index (χ4n) is 2.42. The van der Waals surface area contributed by atoms with E-state index in [1.165, 1.54) is 12.3 Å². The summed E-state index contributed by atoms with van der Waals surface area (Å²) in [4.78, 5) is 27.8. The molecule has 25 heavy (non-hydrogen) atoms. The average molecular weight is 353 g/mol. The molecule has 0 bridgehead atoms. The lowest BCUT2D eigenvalue weighted by atomic mass is 10.1. The zero-order valence-corrected chi connectivity index (χ0v) is 14.2. The van der Waals surface area contributed by atoms with E-state index in [-0.39, 0.29) is 12.4 Å². The van der Waals surface area contributed by atoms with E-state index < -0.39 is 36.3 Å². The summed E-state index contributed by atoms with van der Waals surface area (Å²) in [6.07, 6.45) is -0.460. The summed E-state index contributed by atoms with van der Waals surface area (Å²) < 4.78 is 11.4. The third kappa shape index (κ3) is 4.25. The van der Waals surface area contributed by atoms with E-state index in [0.717, 1.165) is 17.4 Å². The zero-order chi connectivity index (χ0) is 18.6. The Kier molecular flexibility index (Phi) is 6.29. The number of aliphatic hydroxyl groups excluding tert-OH is 2. The summed E-state index contributed by atoms with van der Waals surface area (Å²) in [7, 11) is 0. The molecule has 0 unspecified atom stereocenters. The predicted molar refractivity (Wildman–Crippen MR) is 90.1 cm³/mol. The van der Waals surface area contributed by atoms with Crippen LogP contribution in [0.25, 0.3) is 6.08 Å². The number of anilines is 1. The molecule has 1 fully saturated rings. The van der Waals surface area contributed by atoms with Crippen LogP contribution in [-0.4, -0.2) is 50.8 Å². The van der Waals surface area contributed by atoms with Crippen molar-refractivity contribution in [3.05, 3.63) is 28.8 Å². The van der Waals surface area contributed by atoms with E-state index in [2.05, 4.69) is 16.9 Å². The van der Waals surface area contributed by atoms with E-state index >= 15 is 0 Å². The van der Waals surface area contributed by atoms with Gasteiger partial charge in [0, 0.05) is 11.8 Å². The van der Waals surface area contributed by atoms with Gasteiger partial charge in [0.2, 0.25) is 0 Å². The number of hydrogen-bond acceptors (Lipinski definition) is 7. The van der Waals surface area contributed by atoms with Crippen LogP contribution in [0, 0.1) is 0 Å². The maximum absolute atomic E-state index is 12.2. The molecule has 1 aliphatic rings. The molecule has 0 aliphatic carbocycles. The second-order valence-electron chi connectivity index (χ2n) is 5.77. The normalized spacial score (nSPS) is 25.6. The van der Waals surface area contributed by atoms with Crippen LogP contribution >= 0.6 is 0 Å². The predicted octanol–water partition coefficient (Wildman–Crippen LogP) is 0.874. The monoisotopic (exact) mass is 353 g/mol. The SMILES string of the molecule is C=Cc1cn([C@@H]2O[C@H](C)[C@@H](O)[C@H]2O)c(=O)nc1NC(=O)OCCCC. The van der Waals surface area contributed by atoms with Crippen LogP contribution in [0.1, 0.15) is 38.5 Å². The standard InChI is InChI=1S/C16H23N3O6/c1-4-6-7-24-16(23)18-13-10(5-2)8-19(15(22)17-13)14-12(21)11(20)9(3)25-14/h5,8-9,11-12,14,20-21H,2,4,6-7H2,1,3H3,(H,17,18,22,23)/t9-,11-,12-,14-/m1/s1. The lowest BCUT2D eigenvalue weighted by Crippen LogP contribution is -2.36. The number of unbranched alkanes of at least 4 members (excludes halogenated alkanes) is 1. The van der Waals surface area contributed by atoms with Crippen molar-refractivity contribution in [1.82, 2.24) is 9.55 Å². The Hall–Kier alpha value is -2.23. The van der Waals surface area contributed by atoms with Crippen LogP contribution in [-0.2, 0) is 9.47 Å². The quantitative estimate of drug-likeness (QED) is 0.649. The van der Waals surface area contributed by atoms with E-state index in [4.69, 9.17) is 9.47 Å². The minimum Gasteiger partial charge on any atom is -0.449 e. The first-order chi connectivity index (χ1) is 11.9. The first-order valence-electron chi connectivity index (χ1n) is 8.10. The van der Waals surface area contributed by atoms with Gasteiger partial charge in [-0.2, -0.15) is 4.98 Å². The van der Waals surface area contributed by atoms with E-state index in [1.807, 2.05) is 6.92 Å². The van der Waals surface area contributed by atoms with Crippen molar-refractivity contribution in [3.63, 3.8) is 0 Å². The largest absolute Gasteiger partial charge is 0.449 e. The molecular formula is C16H23N3O6. The molecule has 0 saturated carbocycles. The molecule has 1 aromatic rings. The molecule has 0 spiro atoms. The third-order valence-electron chi connectivity index (χ3n) is 3.90. The van der Waals surface area contributed by atoms with Gasteiger partial charge >= 0.3 is 11.8 Å². The summed E-state index contributed by atoms with van der Waals surface area (Å²) in [5.41, 5.74) is -0.406. The number of aliphatic hydroxyl groups is 2. The molecule has 0 radical (unpaired) electrons. The topological polar surface area (TPSA) is 123 Å². The molecule has 1 aliphatic heterocycles. The molecule has 2 heterocycles. The first-order valence-corrected chi connectivity index (χ1v) is 8.10. The number of carbonyl (C=O) groups excluding carboxylic acids is 1. The van der Waals surface area contributed by atoms with Gasteiger partial charge in [0.05, 0.1) is 12.7 Å². The van der Waals surface area contributed by atoms with Crippen molar-refractivity contribution < 1.29 is 24.5 Å². The Morgan fingerprint density at radius 2 is 2.24 bits per heavy atom. The van der Waals surface area contributed by atoms with Gasteiger partial charge in [-0.3, -0.25) is 9.88 Å². The average Bonchev–Trinajstić information content (AvgIpc) is 2.83. The Balaban J connectivity index is 2.22. The van der Waals surface area contributed by atoms with E-state index in [0.29, 0.717) is 5.56 Å². The smallest absolute Gasteiger partial charge is 0.412 e. The summed E-state index contributed by atoms with van der Waals surface area (Å²) >= 11 is 0. The molecule has 138 valence electrons. The van der Waals surface area contributed by atoms with Gasteiger partial charge in [0.25, 0.3) is 0 Å². The van der Waals surface area contributed by atoms with Gasteiger partial charge in [0.1, 0.15) is 18.0 Å². The van der Waals surface area contributed by atoms with Crippen molar-refractivity contribution in [2.75, 3.05) is 11.9 Å². The van der Waals surface area contributed by atoms with Gasteiger partial charge in [-0.15, -0.1) is 0 Å². The van der Waals surface area contributed by atoms with Crippen molar-refractivity contribution >= 4 is 18.0 Å². The molecule has 2 rings (SSSR count). The highest BCUT2D eigenvalue weighted by Crippen LogP contribution is 2.28. The highest BCUT2D eigenvalue weighted by molar-refractivity contribution is 5.85. The number of nitrogens with one attached hydrogen (secondary N) is 1. The summed E-state index contributed by atoms with van der Waals surface area (Å²) in [6, 6.07) is 0. The summed E-state index contributed by atoms with van der Waals surface area (Å²) in [5, 5.41) is 22.2. The van der Waals surface area contributed by atoms with Crippen molar-refractivity contribution in [3.8, 4) is 0 Å². The number of ether oxygens (including phenoxy) is 2. The van der Waals surface area contributed by atoms with E-state index in [9.17, 15) is 19.8 Å². The molecule has 9 heteroatoms. The number of hydrogen-bond donors (Lipinski definition) is 3. The van der Waals surface area contributed by atoms with Crippen molar-refractivity contribution in [1.29, 1.82) is 0 Å². The first kappa shape index (κ1) is 19.1. The Labute approximate surface area is 144 Å². The zero-order valence-electron chi connectivity index (χ0n) is 14.2.